The lowest BCUT2D eigenvalue weighted by Crippen LogP contribution is -2.12. The molecular formula is C18H21N. The van der Waals surface area contributed by atoms with Crippen LogP contribution in [0.3, 0.4) is 0 Å². The normalized spacial score (nSPS) is 12.8. The number of hydrogen-bond donors (Lipinski definition) is 0. The van der Waals surface area contributed by atoms with Gasteiger partial charge in [0.15, 0.2) is 0 Å². The summed E-state index contributed by atoms with van der Waals surface area (Å²) in [5.41, 5.74) is 6.24. The first kappa shape index (κ1) is 13.4. The molecule has 1 aliphatic rings. The minimum atomic E-state index is 0.929. The van der Waals surface area contributed by atoms with Gasteiger partial charge in [0.2, 0.25) is 0 Å². The first-order valence-electron chi connectivity index (χ1n) is 6.87. The van der Waals surface area contributed by atoms with Crippen molar-refractivity contribution >= 4 is 11.4 Å². The second-order valence-electron chi connectivity index (χ2n) is 4.53. The molecule has 0 aliphatic carbocycles. The Kier molecular flexibility index (Phi) is 4.06. The van der Waals surface area contributed by atoms with E-state index in [-0.39, 0.29) is 0 Å². The quantitative estimate of drug-likeness (QED) is 0.688. The van der Waals surface area contributed by atoms with Gasteiger partial charge >= 0.3 is 0 Å². The van der Waals surface area contributed by atoms with Crippen molar-refractivity contribution in [2.75, 3.05) is 4.90 Å². The number of rotatable bonds is 1. The number of fused-ring (bicyclic) bond motifs is 1. The minimum absolute atomic E-state index is 0.929. The summed E-state index contributed by atoms with van der Waals surface area (Å²) in [6.07, 6.45) is 0. The molecule has 1 aliphatic heterocycles. The molecule has 0 unspecified atom stereocenters. The van der Waals surface area contributed by atoms with Gasteiger partial charge in [0.05, 0.1) is 0 Å². The summed E-state index contributed by atoms with van der Waals surface area (Å²) in [7, 11) is 0. The number of anilines is 1. The molecule has 0 saturated heterocycles. The molecule has 2 aromatic carbocycles. The fourth-order valence-corrected chi connectivity index (χ4v) is 2.32. The van der Waals surface area contributed by atoms with Gasteiger partial charge in [0.25, 0.3) is 0 Å². The molecular weight excluding hydrogens is 230 g/mol. The number of benzene rings is 2. The van der Waals surface area contributed by atoms with E-state index in [0.29, 0.717) is 0 Å². The number of aryl methyl sites for hydroxylation is 1. The number of nitrogens with zero attached hydrogens (tertiary/aromatic N) is 1. The van der Waals surface area contributed by atoms with Gasteiger partial charge in [0, 0.05) is 23.5 Å². The second-order valence-corrected chi connectivity index (χ2v) is 4.53. The zero-order chi connectivity index (χ0) is 13.8. The highest BCUT2D eigenvalue weighted by molar-refractivity contribution is 5.83. The predicted molar refractivity (Wildman–Crippen MR) is 84.2 cm³/mol. The zero-order valence-corrected chi connectivity index (χ0v) is 12.0. The highest BCUT2D eigenvalue weighted by atomic mass is 15.2. The summed E-state index contributed by atoms with van der Waals surface area (Å²) >= 11 is 0. The van der Waals surface area contributed by atoms with Gasteiger partial charge in [-0.3, -0.25) is 0 Å². The maximum absolute atomic E-state index is 4.20. The van der Waals surface area contributed by atoms with Crippen LogP contribution in [0.2, 0.25) is 0 Å². The van der Waals surface area contributed by atoms with Crippen LogP contribution >= 0.6 is 0 Å². The van der Waals surface area contributed by atoms with Crippen LogP contribution in [0.15, 0.2) is 55.1 Å². The minimum Gasteiger partial charge on any atom is -0.337 e. The van der Waals surface area contributed by atoms with Crippen molar-refractivity contribution in [2.24, 2.45) is 0 Å². The number of hydrogen-bond acceptors (Lipinski definition) is 1. The van der Waals surface area contributed by atoms with E-state index in [1.807, 2.05) is 13.8 Å². The largest absolute Gasteiger partial charge is 0.337 e. The van der Waals surface area contributed by atoms with Crippen molar-refractivity contribution in [1.82, 2.24) is 0 Å². The van der Waals surface area contributed by atoms with Crippen molar-refractivity contribution in [1.29, 1.82) is 0 Å². The Morgan fingerprint density at radius 2 is 1.58 bits per heavy atom. The molecule has 1 nitrogen and oxygen atoms in total. The molecule has 0 fully saturated rings. The van der Waals surface area contributed by atoms with Crippen molar-refractivity contribution in [2.45, 2.75) is 27.3 Å². The fourth-order valence-electron chi connectivity index (χ4n) is 2.32. The lowest BCUT2D eigenvalue weighted by Gasteiger charge is -2.19. The Morgan fingerprint density at radius 3 is 2.21 bits per heavy atom. The van der Waals surface area contributed by atoms with Crippen LogP contribution in [0.4, 0.5) is 5.69 Å². The van der Waals surface area contributed by atoms with Gasteiger partial charge in [-0.05, 0) is 24.6 Å². The van der Waals surface area contributed by atoms with E-state index in [9.17, 15) is 0 Å². The van der Waals surface area contributed by atoms with E-state index in [0.717, 1.165) is 12.2 Å². The lowest BCUT2D eigenvalue weighted by molar-refractivity contribution is 1.04. The predicted octanol–water partition coefficient (Wildman–Crippen LogP) is 5.01. The van der Waals surface area contributed by atoms with E-state index >= 15 is 0 Å². The summed E-state index contributed by atoms with van der Waals surface area (Å²) in [4.78, 5) is 2.27. The van der Waals surface area contributed by atoms with Crippen molar-refractivity contribution in [3.63, 3.8) is 0 Å². The Hall–Kier alpha value is -2.02. The van der Waals surface area contributed by atoms with Gasteiger partial charge in [-0.2, -0.15) is 0 Å². The Labute approximate surface area is 116 Å². The van der Waals surface area contributed by atoms with Crippen molar-refractivity contribution in [3.05, 3.63) is 71.8 Å². The van der Waals surface area contributed by atoms with Crippen LogP contribution in [-0.4, -0.2) is 0 Å². The average Bonchev–Trinajstić information content (AvgIpc) is 2.80. The molecule has 0 N–H and O–H groups in total. The summed E-state index contributed by atoms with van der Waals surface area (Å²) < 4.78 is 0. The summed E-state index contributed by atoms with van der Waals surface area (Å²) in [6, 6.07) is 17.1. The second kappa shape index (κ2) is 5.75. The maximum Gasteiger partial charge on any atom is 0.0488 e. The molecule has 0 bridgehead atoms. The smallest absolute Gasteiger partial charge is 0.0488 e. The molecule has 1 heterocycles. The van der Waals surface area contributed by atoms with Crippen LogP contribution in [0, 0.1) is 6.92 Å². The lowest BCUT2D eigenvalue weighted by atomic mass is 10.1. The van der Waals surface area contributed by atoms with Crippen LogP contribution in [0.25, 0.3) is 5.70 Å². The first-order valence-corrected chi connectivity index (χ1v) is 6.87. The average molecular weight is 251 g/mol. The highest BCUT2D eigenvalue weighted by Gasteiger charge is 2.22. The first-order chi connectivity index (χ1) is 9.25. The monoisotopic (exact) mass is 251 g/mol. The molecule has 0 spiro atoms. The van der Waals surface area contributed by atoms with Gasteiger partial charge in [-0.1, -0.05) is 62.4 Å². The Balaban J connectivity index is 0.000000637. The van der Waals surface area contributed by atoms with Gasteiger partial charge in [-0.15, -0.1) is 0 Å². The van der Waals surface area contributed by atoms with E-state index in [1.54, 1.807) is 0 Å². The summed E-state index contributed by atoms with van der Waals surface area (Å²) in [6.45, 7) is 11.2. The topological polar surface area (TPSA) is 3.24 Å². The molecule has 0 radical (unpaired) electrons. The van der Waals surface area contributed by atoms with E-state index < -0.39 is 0 Å². The summed E-state index contributed by atoms with van der Waals surface area (Å²) in [5.74, 6) is 0. The van der Waals surface area contributed by atoms with Crippen LogP contribution in [0.5, 0.6) is 0 Å². The van der Waals surface area contributed by atoms with Gasteiger partial charge in [-0.25, -0.2) is 0 Å². The molecule has 0 aromatic heterocycles. The SMILES string of the molecule is C=C1c2ccccc2CN1c1ccc(C)cc1.CC. The van der Waals surface area contributed by atoms with Crippen LogP contribution < -0.4 is 4.90 Å². The third-order valence-electron chi connectivity index (χ3n) is 3.33. The maximum atomic E-state index is 4.20. The summed E-state index contributed by atoms with van der Waals surface area (Å²) in [5, 5.41) is 0. The van der Waals surface area contributed by atoms with Gasteiger partial charge < -0.3 is 4.90 Å². The molecule has 0 amide bonds. The standard InChI is InChI=1S/C16H15N.C2H6/c1-12-7-9-15(10-8-12)17-11-14-5-3-4-6-16(14)13(17)2;1-2/h3-10H,2,11H2,1H3;1-2H3. The Bertz CT molecular complexity index is 566. The molecule has 0 atom stereocenters. The molecule has 19 heavy (non-hydrogen) atoms. The zero-order valence-electron chi connectivity index (χ0n) is 12.0. The molecule has 3 rings (SSSR count). The van der Waals surface area contributed by atoms with Crippen LogP contribution in [0.1, 0.15) is 30.5 Å². The third-order valence-corrected chi connectivity index (χ3v) is 3.33. The molecule has 98 valence electrons. The van der Waals surface area contributed by atoms with Crippen LogP contribution in [-0.2, 0) is 6.54 Å². The van der Waals surface area contributed by atoms with Gasteiger partial charge in [0.1, 0.15) is 0 Å². The third kappa shape index (κ3) is 2.55. The molecule has 2 aromatic rings. The van der Waals surface area contributed by atoms with Crippen molar-refractivity contribution < 1.29 is 0 Å². The van der Waals surface area contributed by atoms with E-state index in [1.165, 1.54) is 22.4 Å². The Morgan fingerprint density at radius 1 is 0.947 bits per heavy atom. The van der Waals surface area contributed by atoms with E-state index in [4.69, 9.17) is 0 Å². The van der Waals surface area contributed by atoms with E-state index in [2.05, 4.69) is 66.9 Å². The van der Waals surface area contributed by atoms with Crippen molar-refractivity contribution in [3.8, 4) is 0 Å². The highest BCUT2D eigenvalue weighted by Crippen LogP contribution is 2.35. The fraction of sp³-hybridized carbons (Fsp3) is 0.222. The molecule has 1 heteroatoms. The molecule has 0 saturated carbocycles.